The molecule has 3 aliphatic heterocycles. The van der Waals surface area contributed by atoms with Gasteiger partial charge in [-0.1, -0.05) is 23.7 Å². The number of nitrogens with zero attached hydrogens (tertiary/aromatic N) is 2. The van der Waals surface area contributed by atoms with Crippen LogP contribution in [-0.4, -0.2) is 42.2 Å². The third-order valence-corrected chi connectivity index (χ3v) is 6.37. The maximum atomic E-state index is 12.3. The summed E-state index contributed by atoms with van der Waals surface area (Å²) in [5, 5.41) is 3.44. The van der Waals surface area contributed by atoms with Crippen LogP contribution in [0, 0.1) is 5.41 Å². The molecule has 26 heavy (non-hydrogen) atoms. The van der Waals surface area contributed by atoms with Gasteiger partial charge in [0.15, 0.2) is 5.82 Å². The number of anilines is 1. The number of carbonyl (C=O) groups excluding carboxylic acids is 1. The molecule has 1 aromatic carbocycles. The topological polar surface area (TPSA) is 54.5 Å². The molecule has 2 bridgehead atoms. The summed E-state index contributed by atoms with van der Waals surface area (Å²) in [6.45, 7) is 3.85. The molecule has 4 heterocycles. The Balaban J connectivity index is 0.00000196. The van der Waals surface area contributed by atoms with Crippen LogP contribution < -0.4 is 5.32 Å². The molecule has 0 saturated carbocycles. The molecule has 3 fully saturated rings. The van der Waals surface area contributed by atoms with Crippen molar-refractivity contribution in [3.8, 4) is 10.4 Å². The highest BCUT2D eigenvalue weighted by atomic mass is 35.5. The second-order valence-corrected chi connectivity index (χ2v) is 8.12. The fraction of sp³-hybridized carbons (Fsp3) is 0.444. The Morgan fingerprint density at radius 1 is 1.31 bits per heavy atom. The molecule has 3 saturated heterocycles. The fourth-order valence-electron chi connectivity index (χ4n) is 3.63. The first-order valence-electron chi connectivity index (χ1n) is 8.49. The molecule has 0 atom stereocenters. The van der Waals surface area contributed by atoms with Gasteiger partial charge in [0.2, 0.25) is 0 Å². The minimum absolute atomic E-state index is 0. The van der Waals surface area contributed by atoms with E-state index in [0.29, 0.717) is 17.4 Å². The van der Waals surface area contributed by atoms with Gasteiger partial charge in [0.05, 0.1) is 17.0 Å². The SMILES string of the molecule is Cl.O=C(Nc1ncsc1-c1cccc(Cl)c1)OCC12CCN(CC1)CC2. The van der Waals surface area contributed by atoms with Crippen LogP contribution in [0.4, 0.5) is 10.6 Å². The predicted molar refractivity (Wildman–Crippen MR) is 108 cm³/mol. The highest BCUT2D eigenvalue weighted by Crippen LogP contribution is 2.40. The number of rotatable bonds is 4. The Hall–Kier alpha value is -1.34. The Kier molecular flexibility index (Phi) is 6.07. The molecule has 0 aliphatic carbocycles. The molecule has 2 aromatic rings. The van der Waals surface area contributed by atoms with E-state index in [1.165, 1.54) is 11.3 Å². The van der Waals surface area contributed by atoms with Gasteiger partial charge in [0, 0.05) is 10.4 Å². The average Bonchev–Trinajstić information content (AvgIpc) is 3.10. The maximum Gasteiger partial charge on any atom is 0.412 e. The largest absolute Gasteiger partial charge is 0.449 e. The lowest BCUT2D eigenvalue weighted by atomic mass is 9.73. The first-order chi connectivity index (χ1) is 12.1. The van der Waals surface area contributed by atoms with Gasteiger partial charge in [-0.15, -0.1) is 23.7 Å². The molecule has 3 aliphatic rings. The molecule has 1 amide bonds. The number of hydrogen-bond donors (Lipinski definition) is 1. The molecule has 5 nitrogen and oxygen atoms in total. The highest BCUT2D eigenvalue weighted by Gasteiger charge is 2.40. The fourth-order valence-corrected chi connectivity index (χ4v) is 4.57. The van der Waals surface area contributed by atoms with Crippen LogP contribution in [0.25, 0.3) is 10.4 Å². The second kappa shape index (κ2) is 8.13. The smallest absolute Gasteiger partial charge is 0.412 e. The number of piperidine rings is 3. The van der Waals surface area contributed by atoms with Gasteiger partial charge in [-0.3, -0.25) is 5.32 Å². The Labute approximate surface area is 168 Å². The number of thiazole rings is 1. The van der Waals surface area contributed by atoms with Crippen LogP contribution in [0.5, 0.6) is 0 Å². The molecule has 140 valence electrons. The zero-order valence-electron chi connectivity index (χ0n) is 14.2. The van der Waals surface area contributed by atoms with Gasteiger partial charge in [-0.05, 0) is 56.6 Å². The summed E-state index contributed by atoms with van der Waals surface area (Å²) >= 11 is 7.52. The van der Waals surface area contributed by atoms with E-state index in [2.05, 4.69) is 15.2 Å². The Morgan fingerprint density at radius 2 is 2.04 bits per heavy atom. The van der Waals surface area contributed by atoms with Crippen molar-refractivity contribution < 1.29 is 9.53 Å². The van der Waals surface area contributed by atoms with Gasteiger partial charge in [0.25, 0.3) is 0 Å². The maximum absolute atomic E-state index is 12.3. The number of nitrogens with one attached hydrogen (secondary N) is 1. The van der Waals surface area contributed by atoms with Crippen molar-refractivity contribution in [2.24, 2.45) is 5.41 Å². The van der Waals surface area contributed by atoms with E-state index in [1.54, 1.807) is 5.51 Å². The third-order valence-electron chi connectivity index (χ3n) is 5.26. The summed E-state index contributed by atoms with van der Waals surface area (Å²) < 4.78 is 5.56. The molecule has 0 radical (unpaired) electrons. The number of carbonyl (C=O) groups is 1. The zero-order chi connectivity index (χ0) is 17.3. The van der Waals surface area contributed by atoms with E-state index in [-0.39, 0.29) is 17.8 Å². The summed E-state index contributed by atoms with van der Waals surface area (Å²) in [6, 6.07) is 7.52. The number of fused-ring (bicyclic) bond motifs is 3. The monoisotopic (exact) mass is 413 g/mol. The quantitative estimate of drug-likeness (QED) is 0.772. The van der Waals surface area contributed by atoms with Crippen molar-refractivity contribution in [2.45, 2.75) is 19.3 Å². The minimum atomic E-state index is -0.434. The molecule has 0 unspecified atom stereocenters. The zero-order valence-corrected chi connectivity index (χ0v) is 16.6. The van der Waals surface area contributed by atoms with E-state index >= 15 is 0 Å². The minimum Gasteiger partial charge on any atom is -0.449 e. The van der Waals surface area contributed by atoms with E-state index < -0.39 is 6.09 Å². The van der Waals surface area contributed by atoms with Crippen LogP contribution >= 0.6 is 35.3 Å². The molecule has 1 aromatic heterocycles. The van der Waals surface area contributed by atoms with Crippen LogP contribution in [-0.2, 0) is 4.74 Å². The predicted octanol–water partition coefficient (Wildman–Crippen LogP) is 4.92. The number of aromatic nitrogens is 1. The number of halogens is 2. The number of ether oxygens (including phenoxy) is 1. The van der Waals surface area contributed by atoms with Crippen molar-refractivity contribution in [2.75, 3.05) is 31.6 Å². The average molecular weight is 414 g/mol. The second-order valence-electron chi connectivity index (χ2n) is 6.83. The molecule has 5 rings (SSSR count). The Morgan fingerprint density at radius 3 is 2.73 bits per heavy atom. The molecule has 1 N–H and O–H groups in total. The summed E-state index contributed by atoms with van der Waals surface area (Å²) in [5.74, 6) is 0.522. The first kappa shape index (κ1) is 19.4. The standard InChI is InChI=1S/C18H20ClN3O2S.ClH/c19-14-3-1-2-13(10-14)15-16(20-12-25-15)21-17(23)24-11-18-4-7-22(8-5-18)9-6-18;/h1-3,10,12H,4-9,11H2,(H,21,23);1H. The third kappa shape index (κ3) is 4.14. The summed E-state index contributed by atoms with van der Waals surface area (Å²) in [4.78, 5) is 19.9. The Bertz CT molecular complexity index is 762. The molecular weight excluding hydrogens is 393 g/mol. The lowest BCUT2D eigenvalue weighted by Crippen LogP contribution is -2.50. The van der Waals surface area contributed by atoms with Crippen LogP contribution in [0.1, 0.15) is 19.3 Å². The highest BCUT2D eigenvalue weighted by molar-refractivity contribution is 7.13. The lowest BCUT2D eigenvalue weighted by Gasteiger charge is -2.47. The van der Waals surface area contributed by atoms with Gasteiger partial charge in [-0.25, -0.2) is 9.78 Å². The van der Waals surface area contributed by atoms with Gasteiger partial charge < -0.3 is 9.64 Å². The van der Waals surface area contributed by atoms with Crippen LogP contribution in [0.3, 0.4) is 0 Å². The summed E-state index contributed by atoms with van der Waals surface area (Å²) in [6.07, 6.45) is 2.91. The normalized spacial score (nSPS) is 24.0. The van der Waals surface area contributed by atoms with Crippen LogP contribution in [0.15, 0.2) is 29.8 Å². The van der Waals surface area contributed by atoms with E-state index in [1.807, 2.05) is 24.3 Å². The molecule has 8 heteroatoms. The number of hydrogen-bond acceptors (Lipinski definition) is 5. The first-order valence-corrected chi connectivity index (χ1v) is 9.75. The van der Waals surface area contributed by atoms with Gasteiger partial charge in [0.1, 0.15) is 0 Å². The van der Waals surface area contributed by atoms with Crippen LogP contribution in [0.2, 0.25) is 5.02 Å². The van der Waals surface area contributed by atoms with Gasteiger partial charge in [-0.2, -0.15) is 0 Å². The van der Waals surface area contributed by atoms with Crippen molar-refractivity contribution >= 4 is 47.3 Å². The molecule has 0 spiro atoms. The van der Waals surface area contributed by atoms with Crippen molar-refractivity contribution in [3.63, 3.8) is 0 Å². The molecular formula is C18H21Cl2N3O2S. The van der Waals surface area contributed by atoms with Crippen molar-refractivity contribution in [1.29, 1.82) is 0 Å². The summed E-state index contributed by atoms with van der Waals surface area (Å²) in [5.41, 5.74) is 2.81. The van der Waals surface area contributed by atoms with E-state index in [4.69, 9.17) is 16.3 Å². The van der Waals surface area contributed by atoms with Crippen molar-refractivity contribution in [1.82, 2.24) is 9.88 Å². The van der Waals surface area contributed by atoms with Gasteiger partial charge >= 0.3 is 6.09 Å². The van der Waals surface area contributed by atoms with E-state index in [9.17, 15) is 4.79 Å². The summed E-state index contributed by atoms with van der Waals surface area (Å²) in [7, 11) is 0. The van der Waals surface area contributed by atoms with Crippen molar-refractivity contribution in [3.05, 3.63) is 34.8 Å². The number of benzene rings is 1. The lowest BCUT2D eigenvalue weighted by molar-refractivity contribution is -0.0190. The van der Waals surface area contributed by atoms with E-state index in [0.717, 1.165) is 49.3 Å². The number of amides is 1.